The summed E-state index contributed by atoms with van der Waals surface area (Å²) in [5.41, 5.74) is 3.19. The van der Waals surface area contributed by atoms with Crippen LogP contribution in [0.4, 0.5) is 0 Å². The zero-order valence-electron chi connectivity index (χ0n) is 10.9. The van der Waals surface area contributed by atoms with E-state index < -0.39 is 5.97 Å². The second-order valence-electron chi connectivity index (χ2n) is 4.40. The Labute approximate surface area is 111 Å². The Morgan fingerprint density at radius 2 is 1.95 bits per heavy atom. The summed E-state index contributed by atoms with van der Waals surface area (Å²) in [4.78, 5) is 23.6. The Bertz CT molecular complexity index is 574. The van der Waals surface area contributed by atoms with Gasteiger partial charge in [-0.05, 0) is 25.5 Å². The van der Waals surface area contributed by atoms with Crippen molar-refractivity contribution in [2.24, 2.45) is 0 Å². The molecule has 0 unspecified atom stereocenters. The first-order chi connectivity index (χ1) is 9.06. The maximum atomic E-state index is 10.8. The Morgan fingerprint density at radius 3 is 2.47 bits per heavy atom. The molecule has 5 nitrogen and oxygen atoms in total. The van der Waals surface area contributed by atoms with E-state index in [1.165, 1.54) is 0 Å². The molecule has 0 saturated carbocycles. The lowest BCUT2D eigenvalue weighted by Crippen LogP contribution is -2.10. The summed E-state index contributed by atoms with van der Waals surface area (Å²) in [5, 5.41) is 8.86. The Kier molecular flexibility index (Phi) is 3.85. The van der Waals surface area contributed by atoms with Gasteiger partial charge in [0.15, 0.2) is 0 Å². The van der Waals surface area contributed by atoms with Crippen molar-refractivity contribution >= 4 is 5.97 Å². The Balaban J connectivity index is 2.27. The van der Waals surface area contributed by atoms with Crippen molar-refractivity contribution < 1.29 is 9.90 Å². The number of carbonyl (C=O) groups is 1. The van der Waals surface area contributed by atoms with Crippen molar-refractivity contribution in [1.82, 2.24) is 15.0 Å². The summed E-state index contributed by atoms with van der Waals surface area (Å²) in [6.45, 7) is 3.64. The van der Waals surface area contributed by atoms with E-state index in [1.54, 1.807) is 12.4 Å². The molecule has 0 radical (unpaired) electrons. The van der Waals surface area contributed by atoms with Crippen molar-refractivity contribution in [2.45, 2.75) is 26.7 Å². The molecule has 0 spiro atoms. The SMILES string of the molecule is Cc1nc(Cc2cccnc2)nc(C)c1CC(=O)O. The highest BCUT2D eigenvalue weighted by Crippen LogP contribution is 2.13. The van der Waals surface area contributed by atoms with Crippen LogP contribution in [0, 0.1) is 13.8 Å². The smallest absolute Gasteiger partial charge is 0.307 e. The molecule has 0 aliphatic carbocycles. The molecule has 0 aromatic carbocycles. The van der Waals surface area contributed by atoms with Gasteiger partial charge in [-0.2, -0.15) is 0 Å². The second kappa shape index (κ2) is 5.56. The van der Waals surface area contributed by atoms with Crippen molar-refractivity contribution in [1.29, 1.82) is 0 Å². The van der Waals surface area contributed by atoms with Crippen LogP contribution in [0.1, 0.15) is 28.3 Å². The average molecular weight is 257 g/mol. The first-order valence-corrected chi connectivity index (χ1v) is 6.00. The third-order valence-corrected chi connectivity index (χ3v) is 2.88. The van der Waals surface area contributed by atoms with Gasteiger partial charge in [0.25, 0.3) is 0 Å². The van der Waals surface area contributed by atoms with Crippen LogP contribution >= 0.6 is 0 Å². The number of aryl methyl sites for hydroxylation is 2. The number of aliphatic carboxylic acids is 1. The molecule has 0 atom stereocenters. The fraction of sp³-hybridized carbons (Fsp3) is 0.286. The van der Waals surface area contributed by atoms with Gasteiger partial charge in [0.1, 0.15) is 5.82 Å². The molecule has 2 rings (SSSR count). The van der Waals surface area contributed by atoms with Gasteiger partial charge in [-0.25, -0.2) is 9.97 Å². The van der Waals surface area contributed by atoms with Crippen LogP contribution in [0.15, 0.2) is 24.5 Å². The van der Waals surface area contributed by atoms with E-state index in [2.05, 4.69) is 15.0 Å². The maximum Gasteiger partial charge on any atom is 0.307 e. The lowest BCUT2D eigenvalue weighted by Gasteiger charge is -2.09. The van der Waals surface area contributed by atoms with E-state index in [0.717, 1.165) is 17.0 Å². The van der Waals surface area contributed by atoms with Gasteiger partial charge in [0.05, 0.1) is 6.42 Å². The highest BCUT2D eigenvalue weighted by molar-refractivity contribution is 5.70. The van der Waals surface area contributed by atoms with Crippen LogP contribution in [0.2, 0.25) is 0 Å². The van der Waals surface area contributed by atoms with Gasteiger partial charge >= 0.3 is 5.97 Å². The van der Waals surface area contributed by atoms with E-state index in [0.29, 0.717) is 17.8 Å². The number of rotatable bonds is 4. The quantitative estimate of drug-likeness (QED) is 0.902. The maximum absolute atomic E-state index is 10.8. The van der Waals surface area contributed by atoms with Crippen molar-refractivity contribution in [3.8, 4) is 0 Å². The third kappa shape index (κ3) is 3.34. The molecule has 0 fully saturated rings. The van der Waals surface area contributed by atoms with Crippen molar-refractivity contribution in [2.75, 3.05) is 0 Å². The monoisotopic (exact) mass is 257 g/mol. The van der Waals surface area contributed by atoms with Crippen molar-refractivity contribution in [3.05, 3.63) is 52.9 Å². The predicted molar refractivity (Wildman–Crippen MR) is 69.9 cm³/mol. The number of hydrogen-bond donors (Lipinski definition) is 1. The molecule has 0 amide bonds. The van der Waals surface area contributed by atoms with Gasteiger partial charge < -0.3 is 5.11 Å². The molecule has 1 N–H and O–H groups in total. The van der Waals surface area contributed by atoms with E-state index in [1.807, 2.05) is 26.0 Å². The van der Waals surface area contributed by atoms with Crippen molar-refractivity contribution in [3.63, 3.8) is 0 Å². The van der Waals surface area contributed by atoms with E-state index in [-0.39, 0.29) is 6.42 Å². The second-order valence-corrected chi connectivity index (χ2v) is 4.40. The number of nitrogens with zero attached hydrogens (tertiary/aromatic N) is 3. The molecule has 2 aromatic rings. The number of carboxylic acids is 1. The summed E-state index contributed by atoms with van der Waals surface area (Å²) in [7, 11) is 0. The standard InChI is InChI=1S/C14H15N3O2/c1-9-12(7-14(18)19)10(2)17-13(16-9)6-11-4-3-5-15-8-11/h3-5,8H,6-7H2,1-2H3,(H,18,19). The lowest BCUT2D eigenvalue weighted by molar-refractivity contribution is -0.136. The normalized spacial score (nSPS) is 10.4. The molecular formula is C14H15N3O2. The first-order valence-electron chi connectivity index (χ1n) is 6.00. The number of hydrogen-bond acceptors (Lipinski definition) is 4. The van der Waals surface area contributed by atoms with Gasteiger partial charge in [-0.3, -0.25) is 9.78 Å². The molecule has 2 heterocycles. The van der Waals surface area contributed by atoms with Gasteiger partial charge in [-0.15, -0.1) is 0 Å². The number of aromatic nitrogens is 3. The molecule has 5 heteroatoms. The summed E-state index contributed by atoms with van der Waals surface area (Å²) < 4.78 is 0. The highest BCUT2D eigenvalue weighted by atomic mass is 16.4. The predicted octanol–water partition coefficient (Wildman–Crippen LogP) is 1.71. The molecule has 0 aliphatic rings. The van der Waals surface area contributed by atoms with Gasteiger partial charge in [-0.1, -0.05) is 6.07 Å². The van der Waals surface area contributed by atoms with Crippen LogP contribution in [0.25, 0.3) is 0 Å². The molecular weight excluding hydrogens is 242 g/mol. The van der Waals surface area contributed by atoms with Gasteiger partial charge in [0.2, 0.25) is 0 Å². The van der Waals surface area contributed by atoms with Crippen LogP contribution in [-0.4, -0.2) is 26.0 Å². The highest BCUT2D eigenvalue weighted by Gasteiger charge is 2.12. The Hall–Kier alpha value is -2.30. The summed E-state index contributed by atoms with van der Waals surface area (Å²) in [6.07, 6.45) is 4.06. The number of pyridine rings is 1. The van der Waals surface area contributed by atoms with Crippen LogP contribution in [0.5, 0.6) is 0 Å². The average Bonchev–Trinajstić information content (AvgIpc) is 2.35. The van der Waals surface area contributed by atoms with E-state index in [4.69, 9.17) is 5.11 Å². The summed E-state index contributed by atoms with van der Waals surface area (Å²) >= 11 is 0. The Morgan fingerprint density at radius 1 is 1.26 bits per heavy atom. The summed E-state index contributed by atoms with van der Waals surface area (Å²) in [5.74, 6) is -0.174. The lowest BCUT2D eigenvalue weighted by atomic mass is 10.1. The van der Waals surface area contributed by atoms with Crippen LogP contribution in [0.3, 0.4) is 0 Å². The molecule has 0 aliphatic heterocycles. The van der Waals surface area contributed by atoms with Crippen LogP contribution < -0.4 is 0 Å². The molecule has 2 aromatic heterocycles. The largest absolute Gasteiger partial charge is 0.481 e. The van der Waals surface area contributed by atoms with E-state index >= 15 is 0 Å². The zero-order chi connectivity index (χ0) is 13.8. The molecule has 98 valence electrons. The minimum absolute atomic E-state index is 0.0369. The minimum Gasteiger partial charge on any atom is -0.481 e. The van der Waals surface area contributed by atoms with Gasteiger partial charge in [0, 0.05) is 35.8 Å². The molecule has 0 bridgehead atoms. The first kappa shape index (κ1) is 13.1. The fourth-order valence-corrected chi connectivity index (χ4v) is 1.98. The minimum atomic E-state index is -0.866. The summed E-state index contributed by atoms with van der Waals surface area (Å²) in [6, 6.07) is 3.83. The third-order valence-electron chi connectivity index (χ3n) is 2.88. The molecule has 0 saturated heterocycles. The topological polar surface area (TPSA) is 76.0 Å². The molecule has 19 heavy (non-hydrogen) atoms. The van der Waals surface area contributed by atoms with E-state index in [9.17, 15) is 4.79 Å². The number of carboxylic acid groups (broad SMARTS) is 1. The fourth-order valence-electron chi connectivity index (χ4n) is 1.98. The van der Waals surface area contributed by atoms with Crippen LogP contribution in [-0.2, 0) is 17.6 Å². The zero-order valence-corrected chi connectivity index (χ0v) is 10.9.